The van der Waals surface area contributed by atoms with Gasteiger partial charge in [-0.1, -0.05) is 155 Å². The topological polar surface area (TPSA) is 133 Å². The number of hydrogen-bond acceptors (Lipinski definition) is 8. The molecule has 50 heavy (non-hydrogen) atoms. The van der Waals surface area contributed by atoms with Gasteiger partial charge in [0.2, 0.25) is 0 Å². The fourth-order valence-corrected chi connectivity index (χ4v) is 5.12. The minimum Gasteiger partial charge on any atom is -0.550 e. The summed E-state index contributed by atoms with van der Waals surface area (Å²) in [6, 6.07) is 0. The van der Waals surface area contributed by atoms with Gasteiger partial charge in [-0.3, -0.25) is 9.59 Å². The van der Waals surface area contributed by atoms with Crippen LogP contribution in [0.1, 0.15) is 206 Å². The molecular weight excluding hydrogens is 687 g/mol. The van der Waals surface area contributed by atoms with E-state index in [1.54, 1.807) is 0 Å². The van der Waals surface area contributed by atoms with Crippen LogP contribution in [0.15, 0.2) is 24.7 Å². The van der Waals surface area contributed by atoms with Gasteiger partial charge in [0.1, 0.15) is 0 Å². The molecule has 0 aliphatic carbocycles. The Morgan fingerprint density at radius 3 is 0.880 bits per heavy atom. The standard InChI is InChI=1S/2C20H36O4.2K/c2*1-2-3-4-5-6-7-8-9-10-11-12-13-14-15-18-24-20(23)17-16-19(21)22;;/h2*15,18H,2-14,16-17H2,1H3,(H,21,22);;/q;;2*+1/p-2. The molecular formula is C40H70K2O8. The maximum Gasteiger partial charge on any atom is 1.00 e. The summed E-state index contributed by atoms with van der Waals surface area (Å²) in [6.07, 6.45) is 39.1. The first-order valence-corrected chi connectivity index (χ1v) is 19.4. The van der Waals surface area contributed by atoms with Crippen molar-refractivity contribution in [3.8, 4) is 0 Å². The second kappa shape index (κ2) is 49.6. The van der Waals surface area contributed by atoms with E-state index in [9.17, 15) is 29.4 Å². The summed E-state index contributed by atoms with van der Waals surface area (Å²) in [6.45, 7) is 4.51. The molecule has 0 rings (SSSR count). The first-order valence-electron chi connectivity index (χ1n) is 19.4. The largest absolute Gasteiger partial charge is 1.00 e. The van der Waals surface area contributed by atoms with E-state index in [2.05, 4.69) is 13.8 Å². The van der Waals surface area contributed by atoms with E-state index in [0.717, 1.165) is 25.7 Å². The SMILES string of the molecule is CCCCCCCCCCCCCCC=COC(=O)CCC(=O)[O-].CCCCCCCCCCCCCCC=COC(=O)CCC(=O)[O-].[K+].[K+]. The number of carboxylic acids is 2. The molecule has 0 radical (unpaired) electrons. The van der Waals surface area contributed by atoms with Crippen molar-refractivity contribution in [1.29, 1.82) is 0 Å². The number of carbonyl (C=O) groups excluding carboxylic acids is 4. The molecule has 0 atom stereocenters. The zero-order valence-electron chi connectivity index (χ0n) is 32.8. The number of unbranched alkanes of at least 4 members (excludes halogenated alkanes) is 24. The molecule has 0 fully saturated rings. The minimum atomic E-state index is -1.23. The smallest absolute Gasteiger partial charge is 0.550 e. The summed E-state index contributed by atoms with van der Waals surface area (Å²) in [7, 11) is 0. The molecule has 0 spiro atoms. The van der Waals surface area contributed by atoms with E-state index >= 15 is 0 Å². The van der Waals surface area contributed by atoms with Crippen molar-refractivity contribution in [2.75, 3.05) is 0 Å². The van der Waals surface area contributed by atoms with Crippen LogP contribution in [0.25, 0.3) is 0 Å². The summed E-state index contributed by atoms with van der Waals surface area (Å²) in [5.74, 6) is -3.50. The zero-order valence-corrected chi connectivity index (χ0v) is 39.0. The Morgan fingerprint density at radius 1 is 0.400 bits per heavy atom. The monoisotopic (exact) mass is 756 g/mol. The number of hydrogen-bond donors (Lipinski definition) is 0. The van der Waals surface area contributed by atoms with Crippen LogP contribution in [0.2, 0.25) is 0 Å². The van der Waals surface area contributed by atoms with Gasteiger partial charge in [0.15, 0.2) is 0 Å². The Hall–Kier alpha value is 0.633. The molecule has 0 N–H and O–H groups in total. The van der Waals surface area contributed by atoms with Crippen LogP contribution in [0.3, 0.4) is 0 Å². The molecule has 0 aliphatic rings. The first kappa shape index (κ1) is 57.4. The van der Waals surface area contributed by atoms with Crippen LogP contribution >= 0.6 is 0 Å². The molecule has 0 amide bonds. The number of rotatable bonds is 34. The summed E-state index contributed by atoms with van der Waals surface area (Å²) in [5, 5.41) is 20.4. The van der Waals surface area contributed by atoms with Crippen LogP contribution in [-0.2, 0) is 28.7 Å². The van der Waals surface area contributed by atoms with Crippen molar-refractivity contribution in [2.45, 2.75) is 206 Å². The predicted molar refractivity (Wildman–Crippen MR) is 190 cm³/mol. The normalized spacial score (nSPS) is 10.6. The van der Waals surface area contributed by atoms with E-state index in [4.69, 9.17) is 9.47 Å². The number of carboxylic acid groups (broad SMARTS) is 2. The van der Waals surface area contributed by atoms with Crippen LogP contribution in [0, 0.1) is 0 Å². The minimum absolute atomic E-state index is 0. The predicted octanol–water partition coefficient (Wildman–Crippen LogP) is 3.34. The van der Waals surface area contributed by atoms with Gasteiger partial charge < -0.3 is 29.3 Å². The number of carbonyl (C=O) groups is 4. The first-order chi connectivity index (χ1) is 23.3. The van der Waals surface area contributed by atoms with E-state index in [-0.39, 0.29) is 128 Å². The number of allylic oxidation sites excluding steroid dienone is 2. The van der Waals surface area contributed by atoms with E-state index in [1.807, 2.05) is 12.2 Å². The maximum absolute atomic E-state index is 11.1. The summed E-state index contributed by atoms with van der Waals surface area (Å²) in [5.41, 5.74) is 0. The third-order valence-corrected chi connectivity index (χ3v) is 8.11. The van der Waals surface area contributed by atoms with Crippen LogP contribution in [-0.4, -0.2) is 23.9 Å². The molecule has 0 unspecified atom stereocenters. The van der Waals surface area contributed by atoms with E-state index in [0.29, 0.717) is 0 Å². The summed E-state index contributed by atoms with van der Waals surface area (Å²) in [4.78, 5) is 42.6. The molecule has 0 saturated heterocycles. The Kier molecular flexibility index (Phi) is 56.9. The number of esters is 2. The molecule has 0 saturated carbocycles. The molecule has 0 bridgehead atoms. The van der Waals surface area contributed by atoms with Crippen molar-refractivity contribution in [3.05, 3.63) is 24.7 Å². The fourth-order valence-electron chi connectivity index (χ4n) is 5.12. The fraction of sp³-hybridized carbons (Fsp3) is 0.800. The zero-order chi connectivity index (χ0) is 35.8. The Labute approximate surface area is 391 Å². The maximum atomic E-state index is 11.1. The van der Waals surface area contributed by atoms with Crippen LogP contribution in [0.5, 0.6) is 0 Å². The van der Waals surface area contributed by atoms with Crippen LogP contribution < -0.4 is 113 Å². The Bertz CT molecular complexity index is 751. The van der Waals surface area contributed by atoms with Gasteiger partial charge in [-0.2, -0.15) is 0 Å². The second-order valence-electron chi connectivity index (χ2n) is 12.8. The molecule has 0 heterocycles. The van der Waals surface area contributed by atoms with E-state index < -0.39 is 23.9 Å². The van der Waals surface area contributed by atoms with Gasteiger partial charge in [0.05, 0.1) is 25.4 Å². The molecule has 0 aromatic heterocycles. The Morgan fingerprint density at radius 2 is 0.640 bits per heavy atom. The molecule has 8 nitrogen and oxygen atoms in total. The van der Waals surface area contributed by atoms with Gasteiger partial charge in [0, 0.05) is 11.9 Å². The van der Waals surface area contributed by atoms with Gasteiger partial charge >= 0.3 is 115 Å². The molecule has 0 aliphatic heterocycles. The average Bonchev–Trinajstić information content (AvgIpc) is 3.06. The van der Waals surface area contributed by atoms with Crippen molar-refractivity contribution < 1.29 is 142 Å². The van der Waals surface area contributed by atoms with Crippen molar-refractivity contribution in [3.63, 3.8) is 0 Å². The third-order valence-electron chi connectivity index (χ3n) is 8.11. The average molecular weight is 757 g/mol. The number of ether oxygens (including phenoxy) is 2. The van der Waals surface area contributed by atoms with Crippen LogP contribution in [0.4, 0.5) is 0 Å². The molecule has 0 aromatic carbocycles. The van der Waals surface area contributed by atoms with Crippen molar-refractivity contribution in [2.24, 2.45) is 0 Å². The van der Waals surface area contributed by atoms with Gasteiger partial charge in [-0.25, -0.2) is 0 Å². The molecule has 280 valence electrons. The second-order valence-corrected chi connectivity index (χ2v) is 12.8. The Balaban J connectivity index is -0.000000407. The van der Waals surface area contributed by atoms with Crippen molar-refractivity contribution >= 4 is 23.9 Å². The number of aliphatic carboxylic acids is 2. The molecule has 10 heteroatoms. The van der Waals surface area contributed by atoms with Gasteiger partial charge in [-0.15, -0.1) is 0 Å². The third kappa shape index (κ3) is 55.4. The van der Waals surface area contributed by atoms with Gasteiger partial charge in [-0.05, 0) is 50.7 Å². The van der Waals surface area contributed by atoms with E-state index in [1.165, 1.54) is 154 Å². The van der Waals surface area contributed by atoms with Gasteiger partial charge in [0.25, 0.3) is 0 Å². The molecule has 0 aromatic rings. The van der Waals surface area contributed by atoms with Crippen molar-refractivity contribution in [1.82, 2.24) is 0 Å². The summed E-state index contributed by atoms with van der Waals surface area (Å²) < 4.78 is 9.58. The quantitative estimate of drug-likeness (QED) is 0.0423. The summed E-state index contributed by atoms with van der Waals surface area (Å²) >= 11 is 0.